The van der Waals surface area contributed by atoms with Gasteiger partial charge in [0.2, 0.25) is 0 Å². The summed E-state index contributed by atoms with van der Waals surface area (Å²) in [6.07, 6.45) is 0. The summed E-state index contributed by atoms with van der Waals surface area (Å²) < 4.78 is 0. The Morgan fingerprint density at radius 1 is 1.40 bits per heavy atom. The van der Waals surface area contributed by atoms with E-state index in [-0.39, 0.29) is 11.7 Å². The second-order valence-electron chi connectivity index (χ2n) is 3.05. The minimum Gasteiger partial charge on any atom is -0.358 e. The average molecular weight is 223 g/mol. The van der Waals surface area contributed by atoms with Crippen molar-refractivity contribution in [3.05, 3.63) is 46.0 Å². The molecule has 0 radical (unpaired) electrons. The normalized spacial score (nSPS) is 10.5. The fraction of sp³-hybridized carbons (Fsp3) is 0.100. The van der Waals surface area contributed by atoms with Crippen LogP contribution in [0.1, 0.15) is 5.56 Å². The predicted molar refractivity (Wildman–Crippen MR) is 58.0 cm³/mol. The molecule has 0 aliphatic carbocycles. The summed E-state index contributed by atoms with van der Waals surface area (Å²) in [5, 5.41) is 11.5. The molecule has 0 saturated carbocycles. The molecular weight excluding hydrogens is 216 g/mol. The first-order valence-corrected chi connectivity index (χ1v) is 4.85. The molecule has 2 rings (SSSR count). The first-order valence-electron chi connectivity index (χ1n) is 4.31. The summed E-state index contributed by atoms with van der Waals surface area (Å²) in [4.78, 5) is 14.0. The van der Waals surface area contributed by atoms with Gasteiger partial charge in [-0.2, -0.15) is 0 Å². The predicted octanol–water partition coefficient (Wildman–Crippen LogP) is 2.88. The van der Waals surface area contributed by atoms with E-state index in [0.717, 1.165) is 10.9 Å². The molecule has 0 unspecified atom stereocenters. The number of hydrogen-bond acceptors (Lipinski definition) is 3. The molecule has 0 bridgehead atoms. The van der Waals surface area contributed by atoms with Gasteiger partial charge < -0.3 is 10.1 Å². The molecular formula is C10H7ClN2O2. The Morgan fingerprint density at radius 2 is 2.13 bits per heavy atom. The van der Waals surface area contributed by atoms with Gasteiger partial charge in [0.05, 0.1) is 0 Å². The SMILES string of the molecule is O=[N+]([O-])c1cc(CCl)c2ccccc2n1. The van der Waals surface area contributed by atoms with E-state index in [1.165, 1.54) is 6.07 Å². The number of nitro groups is 1. The van der Waals surface area contributed by atoms with Gasteiger partial charge in [0.1, 0.15) is 0 Å². The van der Waals surface area contributed by atoms with Crippen LogP contribution in [-0.2, 0) is 5.88 Å². The molecule has 4 nitrogen and oxygen atoms in total. The van der Waals surface area contributed by atoms with Gasteiger partial charge in [0, 0.05) is 17.3 Å². The zero-order valence-electron chi connectivity index (χ0n) is 7.68. The van der Waals surface area contributed by atoms with E-state index in [1.54, 1.807) is 12.1 Å². The third-order valence-electron chi connectivity index (χ3n) is 2.12. The van der Waals surface area contributed by atoms with E-state index in [9.17, 15) is 10.1 Å². The quantitative estimate of drug-likeness (QED) is 0.446. The summed E-state index contributed by atoms with van der Waals surface area (Å²) in [6, 6.07) is 8.64. The molecule has 0 spiro atoms. The minimum absolute atomic E-state index is 0.163. The number of aromatic nitrogens is 1. The van der Waals surface area contributed by atoms with Gasteiger partial charge in [0.25, 0.3) is 0 Å². The number of benzene rings is 1. The highest BCUT2D eigenvalue weighted by Gasteiger charge is 2.13. The van der Waals surface area contributed by atoms with Crippen molar-refractivity contribution in [2.24, 2.45) is 0 Å². The van der Waals surface area contributed by atoms with E-state index in [2.05, 4.69) is 4.98 Å². The lowest BCUT2D eigenvalue weighted by Crippen LogP contribution is -1.95. The Labute approximate surface area is 90.7 Å². The van der Waals surface area contributed by atoms with Gasteiger partial charge in [0.15, 0.2) is 5.52 Å². The Balaban J connectivity index is 2.77. The number of rotatable bonds is 2. The molecule has 76 valence electrons. The molecule has 1 heterocycles. The third-order valence-corrected chi connectivity index (χ3v) is 2.41. The van der Waals surface area contributed by atoms with Crippen LogP contribution in [0.4, 0.5) is 5.82 Å². The van der Waals surface area contributed by atoms with E-state index in [4.69, 9.17) is 11.6 Å². The highest BCUT2D eigenvalue weighted by molar-refractivity contribution is 6.18. The van der Waals surface area contributed by atoms with Crippen LogP contribution in [0.2, 0.25) is 0 Å². The topological polar surface area (TPSA) is 56.0 Å². The van der Waals surface area contributed by atoms with Crippen molar-refractivity contribution in [1.82, 2.24) is 4.98 Å². The van der Waals surface area contributed by atoms with Gasteiger partial charge >= 0.3 is 5.82 Å². The summed E-state index contributed by atoms with van der Waals surface area (Å²) in [7, 11) is 0. The fourth-order valence-corrected chi connectivity index (χ4v) is 1.66. The van der Waals surface area contributed by atoms with Crippen molar-refractivity contribution < 1.29 is 4.92 Å². The minimum atomic E-state index is -0.511. The molecule has 1 aromatic carbocycles. The van der Waals surface area contributed by atoms with Crippen molar-refractivity contribution in [2.45, 2.75) is 5.88 Å². The van der Waals surface area contributed by atoms with Crippen LogP contribution in [-0.4, -0.2) is 9.91 Å². The molecule has 0 fully saturated rings. The van der Waals surface area contributed by atoms with E-state index in [1.807, 2.05) is 12.1 Å². The lowest BCUT2D eigenvalue weighted by atomic mass is 10.1. The summed E-state index contributed by atoms with van der Waals surface area (Å²) in [6.45, 7) is 0. The molecule has 0 atom stereocenters. The van der Waals surface area contributed by atoms with Crippen LogP contribution in [0.15, 0.2) is 30.3 Å². The molecule has 2 aromatic rings. The molecule has 0 aliphatic heterocycles. The lowest BCUT2D eigenvalue weighted by Gasteiger charge is -2.00. The maximum Gasteiger partial charge on any atom is 0.364 e. The number of halogens is 1. The van der Waals surface area contributed by atoms with Crippen molar-refractivity contribution in [1.29, 1.82) is 0 Å². The number of pyridine rings is 1. The molecule has 0 amide bonds. The first-order chi connectivity index (χ1) is 7.22. The van der Waals surface area contributed by atoms with Crippen molar-refractivity contribution in [2.75, 3.05) is 0 Å². The number of nitrogens with zero attached hydrogens (tertiary/aromatic N) is 2. The summed E-state index contributed by atoms with van der Waals surface area (Å²) >= 11 is 5.73. The molecule has 0 N–H and O–H groups in total. The Morgan fingerprint density at radius 3 is 2.80 bits per heavy atom. The summed E-state index contributed by atoms with van der Waals surface area (Å²) in [5.74, 6) is 0.0773. The Bertz CT molecular complexity index is 528. The van der Waals surface area contributed by atoms with Crippen molar-refractivity contribution >= 4 is 28.3 Å². The fourth-order valence-electron chi connectivity index (χ4n) is 1.44. The molecule has 0 aliphatic rings. The molecule has 15 heavy (non-hydrogen) atoms. The van der Waals surface area contributed by atoms with Crippen LogP contribution < -0.4 is 0 Å². The van der Waals surface area contributed by atoms with E-state index < -0.39 is 4.92 Å². The zero-order chi connectivity index (χ0) is 10.8. The summed E-state index contributed by atoms with van der Waals surface area (Å²) in [5.41, 5.74) is 1.33. The number of fused-ring (bicyclic) bond motifs is 1. The van der Waals surface area contributed by atoms with E-state index >= 15 is 0 Å². The highest BCUT2D eigenvalue weighted by atomic mass is 35.5. The second-order valence-corrected chi connectivity index (χ2v) is 3.31. The third kappa shape index (κ3) is 1.76. The molecule has 1 aromatic heterocycles. The number of para-hydroxylation sites is 1. The van der Waals surface area contributed by atoms with Gasteiger partial charge in [-0.3, -0.25) is 0 Å². The Kier molecular flexibility index (Phi) is 2.51. The van der Waals surface area contributed by atoms with Crippen LogP contribution in [0, 0.1) is 10.1 Å². The van der Waals surface area contributed by atoms with E-state index in [0.29, 0.717) is 5.52 Å². The van der Waals surface area contributed by atoms with Crippen molar-refractivity contribution in [3.63, 3.8) is 0 Å². The van der Waals surface area contributed by atoms with Gasteiger partial charge in [-0.1, -0.05) is 18.2 Å². The van der Waals surface area contributed by atoms with Gasteiger partial charge in [-0.25, -0.2) is 0 Å². The molecule has 0 saturated heterocycles. The maximum atomic E-state index is 10.6. The van der Waals surface area contributed by atoms with Gasteiger partial charge in [-0.15, -0.1) is 11.6 Å². The smallest absolute Gasteiger partial charge is 0.358 e. The Hall–Kier alpha value is -1.68. The van der Waals surface area contributed by atoms with Crippen molar-refractivity contribution in [3.8, 4) is 0 Å². The second kappa shape index (κ2) is 3.82. The monoisotopic (exact) mass is 222 g/mol. The van der Waals surface area contributed by atoms with Gasteiger partial charge in [-0.05, 0) is 21.5 Å². The van der Waals surface area contributed by atoms with Crippen LogP contribution in [0.5, 0.6) is 0 Å². The van der Waals surface area contributed by atoms with Crippen LogP contribution >= 0.6 is 11.6 Å². The lowest BCUT2D eigenvalue weighted by molar-refractivity contribution is -0.389. The number of alkyl halides is 1. The largest absolute Gasteiger partial charge is 0.364 e. The highest BCUT2D eigenvalue weighted by Crippen LogP contribution is 2.22. The maximum absolute atomic E-state index is 10.6. The van der Waals surface area contributed by atoms with Crippen LogP contribution in [0.25, 0.3) is 10.9 Å². The number of hydrogen-bond donors (Lipinski definition) is 0. The van der Waals surface area contributed by atoms with Crippen LogP contribution in [0.3, 0.4) is 0 Å². The zero-order valence-corrected chi connectivity index (χ0v) is 8.44. The average Bonchev–Trinajstić information content (AvgIpc) is 2.27. The first kappa shape index (κ1) is 9.86. The molecule has 5 heteroatoms. The standard InChI is InChI=1S/C10H7ClN2O2/c11-6-7-5-10(13(14)15)12-9-4-2-1-3-8(7)9/h1-5H,6H2.